The Morgan fingerprint density at radius 3 is 0.707 bits per heavy atom. The highest BCUT2D eigenvalue weighted by molar-refractivity contribution is 5.71. The Balaban J connectivity index is 4.33. The molecule has 6 heteroatoms. The van der Waals surface area contributed by atoms with Crippen LogP contribution in [-0.4, -0.2) is 37.2 Å². The van der Waals surface area contributed by atoms with Crippen molar-refractivity contribution in [2.75, 3.05) is 13.2 Å². The SMILES string of the molecule is CCCCC/C=C\C/C=C\C/C=C\CCCCCCCCC(=O)OC(COC(=O)CCCCCCCCCCCCCC/C=C\C/C=C\C/C=C\CCCCCCC)COC(=O)CCCCCCCCCCCCCCCCCCCC. The largest absolute Gasteiger partial charge is 0.462 e. The fraction of sp³-hybridized carbons (Fsp3) is 0.803. The van der Waals surface area contributed by atoms with Gasteiger partial charge in [0.1, 0.15) is 13.2 Å². The Kier molecular flexibility index (Phi) is 67.6. The molecule has 82 heavy (non-hydrogen) atoms. The van der Waals surface area contributed by atoms with Crippen molar-refractivity contribution in [3.63, 3.8) is 0 Å². The zero-order chi connectivity index (χ0) is 59.2. The molecule has 0 heterocycles. The molecule has 0 aromatic carbocycles. The van der Waals surface area contributed by atoms with Crippen LogP contribution in [0.4, 0.5) is 0 Å². The zero-order valence-corrected chi connectivity index (χ0v) is 54.8. The van der Waals surface area contributed by atoms with Gasteiger partial charge in [0, 0.05) is 19.3 Å². The second kappa shape index (κ2) is 70.3. The van der Waals surface area contributed by atoms with Gasteiger partial charge in [0.25, 0.3) is 0 Å². The molecule has 0 aliphatic rings. The lowest BCUT2D eigenvalue weighted by atomic mass is 10.0. The van der Waals surface area contributed by atoms with E-state index in [2.05, 4.69) is 93.7 Å². The molecule has 0 amide bonds. The average Bonchev–Trinajstić information content (AvgIpc) is 3.47. The van der Waals surface area contributed by atoms with Crippen LogP contribution in [0.5, 0.6) is 0 Å². The van der Waals surface area contributed by atoms with E-state index < -0.39 is 6.10 Å². The lowest BCUT2D eigenvalue weighted by Crippen LogP contribution is -2.30. The first-order valence-corrected chi connectivity index (χ1v) is 35.9. The predicted octanol–water partition coefficient (Wildman–Crippen LogP) is 24.8. The van der Waals surface area contributed by atoms with Gasteiger partial charge in [-0.3, -0.25) is 14.4 Å². The molecule has 0 radical (unpaired) electrons. The van der Waals surface area contributed by atoms with Crippen molar-refractivity contribution in [2.45, 2.75) is 380 Å². The van der Waals surface area contributed by atoms with Crippen molar-refractivity contribution in [3.8, 4) is 0 Å². The third-order valence-corrected chi connectivity index (χ3v) is 15.9. The number of rotatable bonds is 66. The van der Waals surface area contributed by atoms with Crippen molar-refractivity contribution < 1.29 is 28.6 Å². The smallest absolute Gasteiger partial charge is 0.306 e. The molecule has 0 rings (SSSR count). The summed E-state index contributed by atoms with van der Waals surface area (Å²) in [7, 11) is 0. The van der Waals surface area contributed by atoms with Gasteiger partial charge >= 0.3 is 17.9 Å². The Morgan fingerprint density at radius 2 is 0.439 bits per heavy atom. The molecule has 0 aliphatic carbocycles. The molecule has 1 unspecified atom stereocenters. The summed E-state index contributed by atoms with van der Waals surface area (Å²) < 4.78 is 17.0. The summed E-state index contributed by atoms with van der Waals surface area (Å²) in [5.41, 5.74) is 0. The zero-order valence-electron chi connectivity index (χ0n) is 54.8. The van der Waals surface area contributed by atoms with Gasteiger partial charge in [-0.1, -0.05) is 331 Å². The standard InChI is InChI=1S/C76H136O6/c1-4-7-10-13-16-19-22-25-28-31-34-35-36-37-38-39-40-41-43-45-48-51-54-57-60-63-66-69-75(78)81-72-73(71-80-74(77)68-65-62-59-56-53-50-47-44-33-30-27-24-21-18-15-12-9-6-3)82-76(79)70-67-64-61-58-55-52-49-46-42-32-29-26-23-20-17-14-11-8-5-2/h17,20,22,25-26,29,31,34,36-37,42,46,73H,4-16,18-19,21,23-24,27-28,30,32-33,35,38-41,43-45,47-72H2,1-3H3/b20-17-,25-22-,29-26-,34-31-,37-36-,46-42-. The maximum absolute atomic E-state index is 13.0. The highest BCUT2D eigenvalue weighted by Crippen LogP contribution is 2.18. The molecule has 0 spiro atoms. The number of carbonyl (C=O) groups excluding carboxylic acids is 3. The van der Waals surface area contributed by atoms with E-state index in [1.165, 1.54) is 238 Å². The Labute approximate surface area is 510 Å². The minimum absolute atomic E-state index is 0.0773. The molecule has 0 saturated carbocycles. The van der Waals surface area contributed by atoms with Crippen molar-refractivity contribution >= 4 is 17.9 Å². The molecule has 1 atom stereocenters. The third kappa shape index (κ3) is 67.6. The van der Waals surface area contributed by atoms with Crippen LogP contribution in [0.1, 0.15) is 374 Å². The quantitative estimate of drug-likeness (QED) is 0.0261. The summed E-state index contributed by atoms with van der Waals surface area (Å²) in [5, 5.41) is 0. The van der Waals surface area contributed by atoms with Crippen LogP contribution in [0.15, 0.2) is 72.9 Å². The molecule has 0 aromatic heterocycles. The van der Waals surface area contributed by atoms with Gasteiger partial charge in [-0.15, -0.1) is 0 Å². The number of unbranched alkanes of at least 4 members (excludes halogenated alkanes) is 43. The van der Waals surface area contributed by atoms with Gasteiger partial charge in [-0.2, -0.15) is 0 Å². The Morgan fingerprint density at radius 1 is 0.244 bits per heavy atom. The number of allylic oxidation sites excluding steroid dienone is 12. The monoisotopic (exact) mass is 1150 g/mol. The number of hydrogen-bond acceptors (Lipinski definition) is 6. The number of ether oxygens (including phenoxy) is 3. The second-order valence-corrected chi connectivity index (χ2v) is 24.1. The van der Waals surface area contributed by atoms with E-state index in [4.69, 9.17) is 14.2 Å². The van der Waals surface area contributed by atoms with Gasteiger partial charge in [0.15, 0.2) is 6.10 Å². The summed E-state index contributed by atoms with van der Waals surface area (Å²) >= 11 is 0. The molecule has 0 aliphatic heterocycles. The van der Waals surface area contributed by atoms with E-state index in [-0.39, 0.29) is 31.1 Å². The fourth-order valence-electron chi connectivity index (χ4n) is 10.5. The maximum atomic E-state index is 13.0. The first kappa shape index (κ1) is 78.8. The Bertz CT molecular complexity index is 1500. The molecule has 476 valence electrons. The van der Waals surface area contributed by atoms with E-state index in [0.29, 0.717) is 19.3 Å². The molecule has 0 aromatic rings. The number of esters is 3. The van der Waals surface area contributed by atoms with Crippen molar-refractivity contribution in [3.05, 3.63) is 72.9 Å². The van der Waals surface area contributed by atoms with Crippen molar-refractivity contribution in [2.24, 2.45) is 0 Å². The lowest BCUT2D eigenvalue weighted by Gasteiger charge is -2.18. The highest BCUT2D eigenvalue weighted by atomic mass is 16.6. The minimum atomic E-state index is -0.784. The Hall–Kier alpha value is -3.15. The van der Waals surface area contributed by atoms with Crippen LogP contribution in [0, 0.1) is 0 Å². The van der Waals surface area contributed by atoms with Crippen LogP contribution in [0.25, 0.3) is 0 Å². The first-order valence-electron chi connectivity index (χ1n) is 35.9. The topological polar surface area (TPSA) is 78.9 Å². The molecule has 0 saturated heterocycles. The molecule has 0 N–H and O–H groups in total. The molecule has 0 bridgehead atoms. The predicted molar refractivity (Wildman–Crippen MR) is 358 cm³/mol. The molecular formula is C76H136O6. The van der Waals surface area contributed by atoms with Crippen LogP contribution in [0.2, 0.25) is 0 Å². The van der Waals surface area contributed by atoms with Gasteiger partial charge in [0.2, 0.25) is 0 Å². The summed E-state index contributed by atoms with van der Waals surface area (Å²) in [4.78, 5) is 38.5. The average molecular weight is 1150 g/mol. The summed E-state index contributed by atoms with van der Waals surface area (Å²) in [6.45, 7) is 6.65. The van der Waals surface area contributed by atoms with E-state index in [1.54, 1.807) is 0 Å². The highest BCUT2D eigenvalue weighted by Gasteiger charge is 2.19. The molecule has 0 fully saturated rings. The van der Waals surface area contributed by atoms with Gasteiger partial charge in [-0.25, -0.2) is 0 Å². The third-order valence-electron chi connectivity index (χ3n) is 15.9. The summed E-state index contributed by atoms with van der Waals surface area (Å²) in [5.74, 6) is -0.869. The van der Waals surface area contributed by atoms with Gasteiger partial charge in [0.05, 0.1) is 0 Å². The van der Waals surface area contributed by atoms with Crippen molar-refractivity contribution in [1.29, 1.82) is 0 Å². The van der Waals surface area contributed by atoms with Crippen LogP contribution < -0.4 is 0 Å². The lowest BCUT2D eigenvalue weighted by molar-refractivity contribution is -0.167. The molecular weight excluding hydrogens is 1010 g/mol. The fourth-order valence-corrected chi connectivity index (χ4v) is 10.5. The van der Waals surface area contributed by atoms with Gasteiger partial charge < -0.3 is 14.2 Å². The van der Waals surface area contributed by atoms with Crippen LogP contribution >= 0.6 is 0 Å². The second-order valence-electron chi connectivity index (χ2n) is 24.1. The van der Waals surface area contributed by atoms with Crippen LogP contribution in [0.3, 0.4) is 0 Å². The summed E-state index contributed by atoms with van der Waals surface area (Å²) in [6, 6.07) is 0. The maximum Gasteiger partial charge on any atom is 0.306 e. The van der Waals surface area contributed by atoms with E-state index in [1.807, 2.05) is 0 Å². The van der Waals surface area contributed by atoms with Crippen LogP contribution in [-0.2, 0) is 28.6 Å². The first-order chi connectivity index (χ1) is 40.5. The molecule has 6 nitrogen and oxygen atoms in total. The van der Waals surface area contributed by atoms with Crippen molar-refractivity contribution in [1.82, 2.24) is 0 Å². The normalized spacial score (nSPS) is 12.5. The van der Waals surface area contributed by atoms with E-state index >= 15 is 0 Å². The van der Waals surface area contributed by atoms with E-state index in [0.717, 1.165) is 96.3 Å². The summed E-state index contributed by atoms with van der Waals surface area (Å²) in [6.07, 6.45) is 92.1. The minimum Gasteiger partial charge on any atom is -0.462 e. The number of hydrogen-bond donors (Lipinski definition) is 0. The number of carbonyl (C=O) groups is 3. The van der Waals surface area contributed by atoms with Gasteiger partial charge in [-0.05, 0) is 96.3 Å². The van der Waals surface area contributed by atoms with E-state index in [9.17, 15) is 14.4 Å².